The van der Waals surface area contributed by atoms with E-state index in [0.29, 0.717) is 6.42 Å². The predicted molar refractivity (Wildman–Crippen MR) is 120 cm³/mol. The molecule has 1 N–H and O–H groups in total. The molecule has 1 aromatic heterocycles. The second-order valence-electron chi connectivity index (χ2n) is 8.60. The van der Waals surface area contributed by atoms with Gasteiger partial charge in [0.15, 0.2) is 0 Å². The number of pyridine rings is 1. The van der Waals surface area contributed by atoms with Crippen LogP contribution in [0.4, 0.5) is 13.2 Å². The number of unbranched alkanes of at least 4 members (excludes halogenated alkanes) is 1. The second-order valence-corrected chi connectivity index (χ2v) is 9.00. The zero-order valence-corrected chi connectivity index (χ0v) is 19.0. The van der Waals surface area contributed by atoms with Crippen molar-refractivity contribution in [3.8, 4) is 0 Å². The summed E-state index contributed by atoms with van der Waals surface area (Å²) in [5.41, 5.74) is 2.63. The number of carbonyl (C=O) groups is 2. The average Bonchev–Trinajstić information content (AvgIpc) is 2.75. The number of carbonyl (C=O) groups excluding carboxylic acids is 1. The first kappa shape index (κ1) is 25.2. The molecule has 1 atom stereocenters. The molecular weight excluding hydrogens is 455 g/mol. The number of rotatable bonds is 10. The molecule has 0 saturated heterocycles. The smallest absolute Gasteiger partial charge is 0.417 e. The summed E-state index contributed by atoms with van der Waals surface area (Å²) in [6.45, 7) is 0. The molecule has 0 radical (unpaired) electrons. The quantitative estimate of drug-likeness (QED) is 0.390. The third-order valence-electron chi connectivity index (χ3n) is 6.04. The van der Waals surface area contributed by atoms with Crippen molar-refractivity contribution in [1.82, 2.24) is 4.98 Å². The van der Waals surface area contributed by atoms with Crippen LogP contribution in [0.25, 0.3) is 0 Å². The Morgan fingerprint density at radius 1 is 1.06 bits per heavy atom. The molecule has 8 heteroatoms. The number of hydrogen-bond acceptors (Lipinski definition) is 3. The van der Waals surface area contributed by atoms with Gasteiger partial charge in [-0.2, -0.15) is 13.2 Å². The Hall–Kier alpha value is -2.41. The SMILES string of the molecule is O=C(O)CC(CC(=O)CCCCc1ccc2c(n1)CCCC2)c1ccc(Cl)c(C(F)(F)F)c1. The minimum Gasteiger partial charge on any atom is -0.481 e. The lowest BCUT2D eigenvalue weighted by Gasteiger charge is -2.18. The van der Waals surface area contributed by atoms with E-state index in [1.54, 1.807) is 0 Å². The van der Waals surface area contributed by atoms with E-state index in [2.05, 4.69) is 6.07 Å². The summed E-state index contributed by atoms with van der Waals surface area (Å²) in [5.74, 6) is -2.17. The van der Waals surface area contributed by atoms with Gasteiger partial charge in [-0.05, 0) is 74.3 Å². The van der Waals surface area contributed by atoms with Crippen LogP contribution in [0, 0.1) is 0 Å². The zero-order valence-electron chi connectivity index (χ0n) is 18.3. The molecular formula is C25H27ClF3NO3. The lowest BCUT2D eigenvalue weighted by atomic mass is 9.88. The Morgan fingerprint density at radius 2 is 1.82 bits per heavy atom. The molecule has 178 valence electrons. The Labute approximate surface area is 196 Å². The molecule has 1 aromatic carbocycles. The highest BCUT2D eigenvalue weighted by molar-refractivity contribution is 6.31. The topological polar surface area (TPSA) is 67.3 Å². The van der Waals surface area contributed by atoms with E-state index < -0.39 is 35.1 Å². The summed E-state index contributed by atoms with van der Waals surface area (Å²) in [4.78, 5) is 28.5. The van der Waals surface area contributed by atoms with Gasteiger partial charge in [0, 0.05) is 30.1 Å². The minimum absolute atomic E-state index is 0.123. The maximum atomic E-state index is 13.2. The van der Waals surface area contributed by atoms with Gasteiger partial charge in [0.05, 0.1) is 17.0 Å². The zero-order chi connectivity index (χ0) is 24.0. The molecule has 0 amide bonds. The number of aryl methyl sites for hydroxylation is 3. The van der Waals surface area contributed by atoms with Crippen LogP contribution in [0.2, 0.25) is 5.02 Å². The molecule has 1 unspecified atom stereocenters. The van der Waals surface area contributed by atoms with Gasteiger partial charge in [-0.3, -0.25) is 14.6 Å². The van der Waals surface area contributed by atoms with Gasteiger partial charge in [0.1, 0.15) is 5.78 Å². The van der Waals surface area contributed by atoms with Crippen molar-refractivity contribution >= 4 is 23.4 Å². The van der Waals surface area contributed by atoms with Crippen LogP contribution in [-0.4, -0.2) is 21.8 Å². The molecule has 0 saturated carbocycles. The van der Waals surface area contributed by atoms with Crippen LogP contribution < -0.4 is 0 Å². The summed E-state index contributed by atoms with van der Waals surface area (Å²) in [5, 5.41) is 8.74. The Morgan fingerprint density at radius 3 is 2.55 bits per heavy atom. The standard InChI is InChI=1S/C25H27ClF3NO3/c26-22-12-10-17(14-21(22)25(27,28)29)18(15-24(32)33)13-20(31)7-3-2-6-19-11-9-16-5-1-4-8-23(16)30-19/h9-12,14,18H,1-8,13,15H2,(H,32,33). The van der Waals surface area contributed by atoms with Gasteiger partial charge >= 0.3 is 12.1 Å². The maximum Gasteiger partial charge on any atom is 0.417 e. The van der Waals surface area contributed by atoms with E-state index in [-0.39, 0.29) is 24.2 Å². The molecule has 0 spiro atoms. The number of carboxylic acid groups (broad SMARTS) is 1. The molecule has 0 bridgehead atoms. The third kappa shape index (κ3) is 7.29. The molecule has 3 rings (SSSR count). The summed E-state index contributed by atoms with van der Waals surface area (Å²) in [7, 11) is 0. The average molecular weight is 482 g/mol. The molecule has 1 aliphatic carbocycles. The van der Waals surface area contributed by atoms with E-state index in [9.17, 15) is 27.9 Å². The van der Waals surface area contributed by atoms with Gasteiger partial charge in [-0.1, -0.05) is 23.7 Å². The van der Waals surface area contributed by atoms with Crippen molar-refractivity contribution in [3.63, 3.8) is 0 Å². The molecule has 4 nitrogen and oxygen atoms in total. The normalized spacial score (nSPS) is 14.5. The van der Waals surface area contributed by atoms with Crippen LogP contribution >= 0.6 is 11.6 Å². The summed E-state index contributed by atoms with van der Waals surface area (Å²) in [6, 6.07) is 7.49. The van der Waals surface area contributed by atoms with Gasteiger partial charge in [0.25, 0.3) is 0 Å². The van der Waals surface area contributed by atoms with Gasteiger partial charge in [-0.15, -0.1) is 0 Å². The number of alkyl halides is 3. The number of aliphatic carboxylic acids is 1. The number of fused-ring (bicyclic) bond motifs is 1. The van der Waals surface area contributed by atoms with Crippen molar-refractivity contribution in [2.45, 2.75) is 76.3 Å². The number of ketones is 1. The van der Waals surface area contributed by atoms with Gasteiger partial charge in [-0.25, -0.2) is 0 Å². The van der Waals surface area contributed by atoms with Crippen LogP contribution in [0.3, 0.4) is 0 Å². The number of benzene rings is 1. The van der Waals surface area contributed by atoms with E-state index in [1.165, 1.54) is 23.7 Å². The van der Waals surface area contributed by atoms with E-state index >= 15 is 0 Å². The van der Waals surface area contributed by atoms with Crippen LogP contribution in [0.1, 0.15) is 78.9 Å². The molecule has 0 fully saturated rings. The Bertz CT molecular complexity index is 1010. The fourth-order valence-electron chi connectivity index (χ4n) is 4.30. The van der Waals surface area contributed by atoms with E-state index in [1.807, 2.05) is 6.07 Å². The van der Waals surface area contributed by atoms with E-state index in [0.717, 1.165) is 49.9 Å². The van der Waals surface area contributed by atoms with Crippen molar-refractivity contribution < 1.29 is 27.9 Å². The Balaban J connectivity index is 1.56. The second kappa shape index (κ2) is 11.1. The minimum atomic E-state index is -4.66. The molecule has 33 heavy (non-hydrogen) atoms. The highest BCUT2D eigenvalue weighted by Gasteiger charge is 2.34. The fraction of sp³-hybridized carbons (Fsp3) is 0.480. The number of nitrogens with zero attached hydrogens (tertiary/aromatic N) is 1. The van der Waals surface area contributed by atoms with E-state index in [4.69, 9.17) is 16.6 Å². The first-order valence-electron chi connectivity index (χ1n) is 11.2. The summed E-state index contributed by atoms with van der Waals surface area (Å²) < 4.78 is 39.5. The van der Waals surface area contributed by atoms with Gasteiger partial charge < -0.3 is 5.11 Å². The lowest BCUT2D eigenvalue weighted by molar-refractivity contribution is -0.138. The highest BCUT2D eigenvalue weighted by atomic mass is 35.5. The fourth-order valence-corrected chi connectivity index (χ4v) is 4.53. The third-order valence-corrected chi connectivity index (χ3v) is 6.37. The van der Waals surface area contributed by atoms with Crippen molar-refractivity contribution in [1.29, 1.82) is 0 Å². The highest BCUT2D eigenvalue weighted by Crippen LogP contribution is 2.37. The van der Waals surface area contributed by atoms with Crippen LogP contribution in [-0.2, 0) is 35.0 Å². The number of aromatic nitrogens is 1. The molecule has 0 aliphatic heterocycles. The van der Waals surface area contributed by atoms with Crippen LogP contribution in [0.15, 0.2) is 30.3 Å². The Kier molecular flexibility index (Phi) is 8.51. The van der Waals surface area contributed by atoms with Gasteiger partial charge in [0.2, 0.25) is 0 Å². The number of carboxylic acids is 1. The largest absolute Gasteiger partial charge is 0.481 e. The van der Waals surface area contributed by atoms with Crippen LogP contribution in [0.5, 0.6) is 0 Å². The summed E-state index contributed by atoms with van der Waals surface area (Å²) >= 11 is 5.66. The number of Topliss-reactive ketones (excluding diaryl/α,β-unsaturated/α-hetero) is 1. The monoisotopic (exact) mass is 481 g/mol. The van der Waals surface area contributed by atoms with Crippen molar-refractivity contribution in [2.24, 2.45) is 0 Å². The predicted octanol–water partition coefficient (Wildman–Crippen LogP) is 6.56. The summed E-state index contributed by atoms with van der Waals surface area (Å²) in [6.07, 6.45) is 1.62. The molecule has 1 heterocycles. The number of hydrogen-bond donors (Lipinski definition) is 1. The molecule has 2 aromatic rings. The first-order valence-corrected chi connectivity index (χ1v) is 11.6. The van der Waals surface area contributed by atoms with Crippen molar-refractivity contribution in [2.75, 3.05) is 0 Å². The van der Waals surface area contributed by atoms with Crippen molar-refractivity contribution in [3.05, 3.63) is 63.4 Å². The lowest BCUT2D eigenvalue weighted by Crippen LogP contribution is -2.14. The molecule has 1 aliphatic rings. The maximum absolute atomic E-state index is 13.2. The number of halogens is 4. The first-order chi connectivity index (χ1) is 15.6.